The molecule has 1 aliphatic rings. The van der Waals surface area contributed by atoms with Gasteiger partial charge in [-0.1, -0.05) is 6.92 Å². The molecule has 5 heteroatoms. The molecular weight excluding hydrogens is 216 g/mol. The fourth-order valence-corrected chi connectivity index (χ4v) is 2.17. The van der Waals surface area contributed by atoms with Crippen molar-refractivity contribution in [2.45, 2.75) is 32.2 Å². The number of rotatable bonds is 4. The standard InChI is InChI=1S/C12H20N4O/c1-3-10-7-11(16(2)15-10)12(14-13)9-5-4-6-17-8-9/h7-8,12,14H,3-6,13H2,1-2H3. The molecule has 3 N–H and O–H groups in total. The summed E-state index contributed by atoms with van der Waals surface area (Å²) in [6.45, 7) is 2.90. The Morgan fingerprint density at radius 2 is 2.47 bits per heavy atom. The quantitative estimate of drug-likeness (QED) is 0.608. The fourth-order valence-electron chi connectivity index (χ4n) is 2.17. The molecule has 0 saturated heterocycles. The molecular formula is C12H20N4O. The molecule has 1 unspecified atom stereocenters. The maximum Gasteiger partial charge on any atom is 0.0876 e. The van der Waals surface area contributed by atoms with E-state index in [0.717, 1.165) is 37.3 Å². The summed E-state index contributed by atoms with van der Waals surface area (Å²) >= 11 is 0. The van der Waals surface area contributed by atoms with Gasteiger partial charge in [-0.15, -0.1) is 0 Å². The molecule has 1 aliphatic heterocycles. The first-order valence-corrected chi connectivity index (χ1v) is 6.05. The third-order valence-corrected chi connectivity index (χ3v) is 3.12. The third-order valence-electron chi connectivity index (χ3n) is 3.12. The fraction of sp³-hybridized carbons (Fsp3) is 0.583. The second-order valence-electron chi connectivity index (χ2n) is 4.30. The van der Waals surface area contributed by atoms with Crippen molar-refractivity contribution in [2.75, 3.05) is 6.61 Å². The van der Waals surface area contributed by atoms with Gasteiger partial charge in [0.1, 0.15) is 0 Å². The van der Waals surface area contributed by atoms with Crippen LogP contribution in [0.5, 0.6) is 0 Å². The number of aryl methyl sites for hydroxylation is 2. The molecule has 0 radical (unpaired) electrons. The number of hydrazine groups is 1. The van der Waals surface area contributed by atoms with Crippen LogP contribution in [0.25, 0.3) is 0 Å². The highest BCUT2D eigenvalue weighted by atomic mass is 16.5. The number of nitrogens with two attached hydrogens (primary N) is 1. The summed E-state index contributed by atoms with van der Waals surface area (Å²) in [4.78, 5) is 0. The zero-order chi connectivity index (χ0) is 12.3. The first kappa shape index (κ1) is 12.1. The first-order valence-electron chi connectivity index (χ1n) is 6.05. The highest BCUT2D eigenvalue weighted by Gasteiger charge is 2.21. The van der Waals surface area contributed by atoms with E-state index >= 15 is 0 Å². The van der Waals surface area contributed by atoms with Crippen molar-refractivity contribution in [1.82, 2.24) is 15.2 Å². The van der Waals surface area contributed by atoms with E-state index in [-0.39, 0.29) is 6.04 Å². The number of nitrogens with one attached hydrogen (secondary N) is 1. The molecule has 0 fully saturated rings. The van der Waals surface area contributed by atoms with Crippen LogP contribution in [-0.2, 0) is 18.2 Å². The highest BCUT2D eigenvalue weighted by molar-refractivity contribution is 5.24. The molecule has 94 valence electrons. The van der Waals surface area contributed by atoms with Crippen LogP contribution in [-0.4, -0.2) is 16.4 Å². The smallest absolute Gasteiger partial charge is 0.0876 e. The summed E-state index contributed by atoms with van der Waals surface area (Å²) in [5, 5.41) is 4.45. The van der Waals surface area contributed by atoms with E-state index in [4.69, 9.17) is 10.6 Å². The molecule has 0 aliphatic carbocycles. The number of hydrogen-bond donors (Lipinski definition) is 2. The Labute approximate surface area is 102 Å². The summed E-state index contributed by atoms with van der Waals surface area (Å²) in [7, 11) is 1.95. The largest absolute Gasteiger partial charge is 0.501 e. The zero-order valence-electron chi connectivity index (χ0n) is 10.4. The summed E-state index contributed by atoms with van der Waals surface area (Å²) in [6.07, 6.45) is 4.82. The lowest BCUT2D eigenvalue weighted by Gasteiger charge is -2.22. The summed E-state index contributed by atoms with van der Waals surface area (Å²) in [6, 6.07) is 2.09. The van der Waals surface area contributed by atoms with E-state index in [1.54, 1.807) is 0 Å². The SMILES string of the molecule is CCc1cc(C(NN)C2=COCCC2)n(C)n1. The minimum atomic E-state index is -0.00639. The van der Waals surface area contributed by atoms with Gasteiger partial charge in [-0.3, -0.25) is 10.5 Å². The van der Waals surface area contributed by atoms with E-state index in [2.05, 4.69) is 23.5 Å². The molecule has 0 aromatic carbocycles. The van der Waals surface area contributed by atoms with Crippen molar-refractivity contribution >= 4 is 0 Å². The van der Waals surface area contributed by atoms with Crippen molar-refractivity contribution in [3.63, 3.8) is 0 Å². The van der Waals surface area contributed by atoms with Crippen LogP contribution >= 0.6 is 0 Å². The lowest BCUT2D eigenvalue weighted by atomic mass is 9.99. The highest BCUT2D eigenvalue weighted by Crippen LogP contribution is 2.27. The molecule has 5 nitrogen and oxygen atoms in total. The molecule has 1 aromatic rings. The van der Waals surface area contributed by atoms with Gasteiger partial charge in [-0.05, 0) is 30.9 Å². The number of hydrogen-bond acceptors (Lipinski definition) is 4. The molecule has 1 aromatic heterocycles. The van der Waals surface area contributed by atoms with E-state index in [1.165, 1.54) is 5.57 Å². The van der Waals surface area contributed by atoms with Gasteiger partial charge in [0.2, 0.25) is 0 Å². The Morgan fingerprint density at radius 3 is 3.00 bits per heavy atom. The van der Waals surface area contributed by atoms with Crippen molar-refractivity contribution in [3.05, 3.63) is 29.3 Å². The number of aromatic nitrogens is 2. The summed E-state index contributed by atoms with van der Waals surface area (Å²) in [5.41, 5.74) is 6.21. The van der Waals surface area contributed by atoms with Gasteiger partial charge in [0.15, 0.2) is 0 Å². The molecule has 0 spiro atoms. The van der Waals surface area contributed by atoms with E-state index in [1.807, 2.05) is 18.0 Å². The topological polar surface area (TPSA) is 65.1 Å². The Bertz CT molecular complexity index is 411. The average Bonchev–Trinajstić information content (AvgIpc) is 2.73. The third kappa shape index (κ3) is 2.50. The monoisotopic (exact) mass is 236 g/mol. The molecule has 17 heavy (non-hydrogen) atoms. The predicted molar refractivity (Wildman–Crippen MR) is 65.9 cm³/mol. The van der Waals surface area contributed by atoms with Crippen molar-refractivity contribution in [1.29, 1.82) is 0 Å². The molecule has 2 rings (SSSR count). The lowest BCUT2D eigenvalue weighted by Crippen LogP contribution is -2.31. The minimum absolute atomic E-state index is 0.00639. The molecule has 0 bridgehead atoms. The van der Waals surface area contributed by atoms with Crippen LogP contribution in [0.4, 0.5) is 0 Å². The number of ether oxygens (including phenoxy) is 1. The van der Waals surface area contributed by atoms with Gasteiger partial charge in [-0.2, -0.15) is 5.10 Å². The molecule has 0 saturated carbocycles. The zero-order valence-corrected chi connectivity index (χ0v) is 10.4. The van der Waals surface area contributed by atoms with Gasteiger partial charge in [0, 0.05) is 7.05 Å². The second kappa shape index (κ2) is 5.33. The second-order valence-corrected chi connectivity index (χ2v) is 4.30. The summed E-state index contributed by atoms with van der Waals surface area (Å²) < 4.78 is 7.26. The van der Waals surface area contributed by atoms with E-state index < -0.39 is 0 Å². The Balaban J connectivity index is 2.27. The van der Waals surface area contributed by atoms with Gasteiger partial charge < -0.3 is 4.74 Å². The summed E-state index contributed by atoms with van der Waals surface area (Å²) in [5.74, 6) is 5.67. The molecule has 1 atom stereocenters. The Hall–Kier alpha value is -1.33. The van der Waals surface area contributed by atoms with Crippen molar-refractivity contribution in [3.8, 4) is 0 Å². The van der Waals surface area contributed by atoms with Crippen LogP contribution in [0.3, 0.4) is 0 Å². The molecule has 2 heterocycles. The lowest BCUT2D eigenvalue weighted by molar-refractivity contribution is 0.219. The van der Waals surface area contributed by atoms with E-state index in [0.29, 0.717) is 0 Å². The van der Waals surface area contributed by atoms with Crippen molar-refractivity contribution in [2.24, 2.45) is 12.9 Å². The van der Waals surface area contributed by atoms with Crippen molar-refractivity contribution < 1.29 is 4.74 Å². The maximum atomic E-state index is 5.67. The van der Waals surface area contributed by atoms with Crippen LogP contribution in [0.2, 0.25) is 0 Å². The van der Waals surface area contributed by atoms with Gasteiger partial charge in [0.25, 0.3) is 0 Å². The Kier molecular flexibility index (Phi) is 3.81. The van der Waals surface area contributed by atoms with Crippen LogP contribution in [0.1, 0.15) is 37.2 Å². The van der Waals surface area contributed by atoms with E-state index in [9.17, 15) is 0 Å². The maximum absolute atomic E-state index is 5.67. The average molecular weight is 236 g/mol. The predicted octanol–water partition coefficient (Wildman–Crippen LogP) is 1.18. The molecule has 0 amide bonds. The number of nitrogens with zero attached hydrogens (tertiary/aromatic N) is 2. The van der Waals surface area contributed by atoms with Gasteiger partial charge in [-0.25, -0.2) is 5.43 Å². The van der Waals surface area contributed by atoms with Gasteiger partial charge >= 0.3 is 0 Å². The normalized spacial score (nSPS) is 17.5. The first-order chi connectivity index (χ1) is 8.26. The Morgan fingerprint density at radius 1 is 1.65 bits per heavy atom. The minimum Gasteiger partial charge on any atom is -0.501 e. The van der Waals surface area contributed by atoms with Crippen LogP contribution < -0.4 is 11.3 Å². The van der Waals surface area contributed by atoms with Gasteiger partial charge in [0.05, 0.1) is 30.3 Å². The van der Waals surface area contributed by atoms with Crippen LogP contribution in [0.15, 0.2) is 17.9 Å². The van der Waals surface area contributed by atoms with Crippen LogP contribution in [0, 0.1) is 0 Å².